The molecule has 0 atom stereocenters. The van der Waals surface area contributed by atoms with E-state index in [1.54, 1.807) is 48.7 Å². The molecule has 5 heteroatoms. The molecule has 0 saturated carbocycles. The number of aliphatic imine (C=N–C) groups is 1. The van der Waals surface area contributed by atoms with E-state index < -0.39 is 0 Å². The largest absolute Gasteiger partial charge is 0.506 e. The Morgan fingerprint density at radius 3 is 2.38 bits per heavy atom. The highest BCUT2D eigenvalue weighted by Gasteiger charge is 2.17. The third kappa shape index (κ3) is 4.13. The topological polar surface area (TPSA) is 61.7 Å². The third-order valence-electron chi connectivity index (χ3n) is 4.51. The Kier molecular flexibility index (Phi) is 5.27. The number of hydrogen-bond acceptors (Lipinski definition) is 3. The highest BCUT2D eigenvalue weighted by Crippen LogP contribution is 2.31. The predicted molar refractivity (Wildman–Crippen MR) is 119 cm³/mol. The van der Waals surface area contributed by atoms with E-state index in [9.17, 15) is 9.90 Å². The fourth-order valence-electron chi connectivity index (χ4n) is 3.05. The van der Waals surface area contributed by atoms with E-state index in [0.29, 0.717) is 22.0 Å². The Labute approximate surface area is 173 Å². The van der Waals surface area contributed by atoms with Crippen LogP contribution in [0.15, 0.2) is 89.9 Å². The SMILES string of the molecule is O=C(Nc1ccccc1)c1cc2ccccc2c(C=Nc2ccc(Cl)cc2)c1O. The summed E-state index contributed by atoms with van der Waals surface area (Å²) in [6.07, 6.45) is 1.57. The van der Waals surface area contributed by atoms with Gasteiger partial charge in [-0.15, -0.1) is 0 Å². The lowest BCUT2D eigenvalue weighted by molar-refractivity contribution is 0.102. The van der Waals surface area contributed by atoms with Gasteiger partial charge >= 0.3 is 0 Å². The maximum absolute atomic E-state index is 12.8. The highest BCUT2D eigenvalue weighted by atomic mass is 35.5. The van der Waals surface area contributed by atoms with Crippen LogP contribution in [-0.2, 0) is 0 Å². The van der Waals surface area contributed by atoms with E-state index in [4.69, 9.17) is 11.6 Å². The van der Waals surface area contributed by atoms with Crippen LogP contribution in [0.25, 0.3) is 10.8 Å². The summed E-state index contributed by atoms with van der Waals surface area (Å²) in [6, 6.07) is 25.4. The molecule has 142 valence electrons. The number of phenols is 1. The summed E-state index contributed by atoms with van der Waals surface area (Å²) in [5, 5.41) is 16.0. The van der Waals surface area contributed by atoms with E-state index >= 15 is 0 Å². The molecule has 0 aliphatic carbocycles. The van der Waals surface area contributed by atoms with Gasteiger partial charge in [0.1, 0.15) is 5.75 Å². The van der Waals surface area contributed by atoms with E-state index in [2.05, 4.69) is 10.3 Å². The lowest BCUT2D eigenvalue weighted by atomic mass is 9.99. The second-order valence-corrected chi connectivity index (χ2v) is 6.90. The molecule has 29 heavy (non-hydrogen) atoms. The molecule has 0 aliphatic heterocycles. The lowest BCUT2D eigenvalue weighted by Crippen LogP contribution is -2.12. The fraction of sp³-hybridized carbons (Fsp3) is 0. The molecule has 4 aromatic rings. The van der Waals surface area contributed by atoms with Crippen molar-refractivity contribution in [3.63, 3.8) is 0 Å². The molecule has 0 heterocycles. The van der Waals surface area contributed by atoms with Gasteiger partial charge in [0, 0.05) is 22.5 Å². The van der Waals surface area contributed by atoms with Crippen LogP contribution in [0.2, 0.25) is 5.02 Å². The molecular formula is C24H17ClN2O2. The zero-order valence-electron chi connectivity index (χ0n) is 15.3. The maximum atomic E-state index is 12.8. The standard InChI is InChI=1S/C24H17ClN2O2/c25-17-10-12-18(13-11-17)26-15-22-20-9-5-4-6-16(20)14-21(23(22)28)24(29)27-19-7-2-1-3-8-19/h1-15,28H,(H,27,29). The average molecular weight is 401 g/mol. The Morgan fingerprint density at radius 2 is 1.62 bits per heavy atom. The van der Waals surface area contributed by atoms with Gasteiger partial charge in [-0.3, -0.25) is 9.79 Å². The van der Waals surface area contributed by atoms with Crippen LogP contribution in [0.4, 0.5) is 11.4 Å². The van der Waals surface area contributed by atoms with Crippen molar-refractivity contribution < 1.29 is 9.90 Å². The minimum absolute atomic E-state index is 0.116. The number of anilines is 1. The highest BCUT2D eigenvalue weighted by molar-refractivity contribution is 6.30. The summed E-state index contributed by atoms with van der Waals surface area (Å²) in [5.74, 6) is -0.504. The molecule has 0 radical (unpaired) electrons. The summed E-state index contributed by atoms with van der Waals surface area (Å²) in [4.78, 5) is 17.2. The maximum Gasteiger partial charge on any atom is 0.259 e. The van der Waals surface area contributed by atoms with Gasteiger partial charge in [0.15, 0.2) is 0 Å². The molecule has 4 aromatic carbocycles. The normalized spacial score (nSPS) is 11.1. The monoisotopic (exact) mass is 400 g/mol. The number of nitrogens with one attached hydrogen (secondary N) is 1. The van der Waals surface area contributed by atoms with Gasteiger partial charge < -0.3 is 10.4 Å². The predicted octanol–water partition coefficient (Wildman–Crippen LogP) is 6.20. The van der Waals surface area contributed by atoms with E-state index in [1.165, 1.54) is 0 Å². The molecule has 1 amide bonds. The number of fused-ring (bicyclic) bond motifs is 1. The van der Waals surface area contributed by atoms with Crippen LogP contribution < -0.4 is 5.32 Å². The summed E-state index contributed by atoms with van der Waals surface area (Å²) in [6.45, 7) is 0. The molecule has 0 saturated heterocycles. The minimum Gasteiger partial charge on any atom is -0.506 e. The summed E-state index contributed by atoms with van der Waals surface area (Å²) >= 11 is 5.92. The Hall–Kier alpha value is -3.63. The van der Waals surface area contributed by atoms with Gasteiger partial charge in [0.25, 0.3) is 5.91 Å². The quantitative estimate of drug-likeness (QED) is 0.400. The second-order valence-electron chi connectivity index (χ2n) is 6.46. The minimum atomic E-state index is -0.388. The van der Waals surface area contributed by atoms with Crippen LogP contribution in [0.1, 0.15) is 15.9 Å². The number of hydrogen-bond donors (Lipinski definition) is 2. The van der Waals surface area contributed by atoms with Crippen molar-refractivity contribution in [2.45, 2.75) is 0 Å². The summed E-state index contributed by atoms with van der Waals surface area (Å²) < 4.78 is 0. The number of carbonyl (C=O) groups is 1. The number of aromatic hydroxyl groups is 1. The lowest BCUT2D eigenvalue weighted by Gasteiger charge is -2.12. The Bertz CT molecular complexity index is 1200. The van der Waals surface area contributed by atoms with Crippen LogP contribution in [0.5, 0.6) is 5.75 Å². The molecule has 2 N–H and O–H groups in total. The molecule has 4 rings (SSSR count). The average Bonchev–Trinajstić information content (AvgIpc) is 2.74. The molecule has 0 bridgehead atoms. The molecule has 4 nitrogen and oxygen atoms in total. The number of benzene rings is 4. The van der Waals surface area contributed by atoms with Crippen LogP contribution in [-0.4, -0.2) is 17.2 Å². The number of carbonyl (C=O) groups excluding carboxylic acids is 1. The Morgan fingerprint density at radius 1 is 0.931 bits per heavy atom. The zero-order valence-corrected chi connectivity index (χ0v) is 16.1. The van der Waals surface area contributed by atoms with Gasteiger partial charge in [0.2, 0.25) is 0 Å². The first-order valence-electron chi connectivity index (χ1n) is 9.02. The van der Waals surface area contributed by atoms with E-state index in [1.807, 2.05) is 42.5 Å². The smallest absolute Gasteiger partial charge is 0.259 e. The summed E-state index contributed by atoms with van der Waals surface area (Å²) in [5.41, 5.74) is 2.01. The first-order chi connectivity index (χ1) is 14.1. The van der Waals surface area contributed by atoms with Gasteiger partial charge in [-0.1, -0.05) is 54.1 Å². The van der Waals surface area contributed by atoms with E-state index in [0.717, 1.165) is 10.8 Å². The number of para-hydroxylation sites is 1. The van der Waals surface area contributed by atoms with Crippen molar-refractivity contribution >= 4 is 45.9 Å². The number of amides is 1. The fourth-order valence-corrected chi connectivity index (χ4v) is 3.18. The summed E-state index contributed by atoms with van der Waals surface area (Å²) in [7, 11) is 0. The first kappa shape index (κ1) is 18.7. The van der Waals surface area contributed by atoms with Crippen molar-refractivity contribution in [2.75, 3.05) is 5.32 Å². The molecule has 0 spiro atoms. The first-order valence-corrected chi connectivity index (χ1v) is 9.40. The van der Waals surface area contributed by atoms with Crippen molar-refractivity contribution in [1.82, 2.24) is 0 Å². The van der Waals surface area contributed by atoms with Crippen LogP contribution >= 0.6 is 11.6 Å². The van der Waals surface area contributed by atoms with Crippen molar-refractivity contribution in [2.24, 2.45) is 4.99 Å². The van der Waals surface area contributed by atoms with Crippen molar-refractivity contribution in [1.29, 1.82) is 0 Å². The number of halogens is 1. The third-order valence-corrected chi connectivity index (χ3v) is 4.76. The van der Waals surface area contributed by atoms with Gasteiger partial charge in [0.05, 0.1) is 11.3 Å². The Balaban J connectivity index is 1.77. The van der Waals surface area contributed by atoms with Crippen LogP contribution in [0.3, 0.4) is 0 Å². The zero-order chi connectivity index (χ0) is 20.2. The number of phenolic OH excluding ortho intramolecular Hbond substituents is 1. The number of nitrogens with zero attached hydrogens (tertiary/aromatic N) is 1. The van der Waals surface area contributed by atoms with Gasteiger partial charge in [-0.05, 0) is 53.2 Å². The van der Waals surface area contributed by atoms with Gasteiger partial charge in [-0.2, -0.15) is 0 Å². The second kappa shape index (κ2) is 8.17. The molecule has 0 aromatic heterocycles. The number of rotatable bonds is 4. The molecule has 0 aliphatic rings. The molecule has 0 fully saturated rings. The van der Waals surface area contributed by atoms with Gasteiger partial charge in [-0.25, -0.2) is 0 Å². The van der Waals surface area contributed by atoms with Crippen molar-refractivity contribution in [3.8, 4) is 5.75 Å². The molecular weight excluding hydrogens is 384 g/mol. The van der Waals surface area contributed by atoms with Crippen LogP contribution in [0, 0.1) is 0 Å². The molecule has 0 unspecified atom stereocenters. The van der Waals surface area contributed by atoms with Crippen molar-refractivity contribution in [3.05, 3.63) is 101 Å². The van der Waals surface area contributed by atoms with E-state index in [-0.39, 0.29) is 17.2 Å².